The minimum atomic E-state index is -0.204. The van der Waals surface area contributed by atoms with Crippen LogP contribution in [0.1, 0.15) is 6.92 Å². The van der Waals surface area contributed by atoms with Gasteiger partial charge in [-0.3, -0.25) is 9.59 Å². The van der Waals surface area contributed by atoms with Crippen molar-refractivity contribution in [3.8, 4) is 11.5 Å². The highest BCUT2D eigenvalue weighted by Gasteiger charge is 2.19. The summed E-state index contributed by atoms with van der Waals surface area (Å²) in [6.45, 7) is 1.61. The second-order valence-electron chi connectivity index (χ2n) is 4.31. The first-order valence-electron chi connectivity index (χ1n) is 6.03. The molecule has 0 radical (unpaired) electrons. The Bertz CT molecular complexity index is 629. The second-order valence-corrected chi connectivity index (χ2v) is 4.31. The van der Waals surface area contributed by atoms with Gasteiger partial charge in [-0.05, 0) is 25.1 Å². The predicted molar refractivity (Wildman–Crippen MR) is 75.0 cm³/mol. The van der Waals surface area contributed by atoms with E-state index in [9.17, 15) is 9.59 Å². The van der Waals surface area contributed by atoms with Gasteiger partial charge in [-0.25, -0.2) is 0 Å². The summed E-state index contributed by atoms with van der Waals surface area (Å²) < 4.78 is 10.3. The SMILES string of the molecule is COc1ccc(NC2=CC(=O)C=C(C)C2=O)cc1OC. The third kappa shape index (κ3) is 2.71. The molecule has 0 atom stereocenters. The Kier molecular flexibility index (Phi) is 3.89. The lowest BCUT2D eigenvalue weighted by Crippen LogP contribution is -2.18. The fraction of sp³-hybridized carbons (Fsp3) is 0.200. The molecule has 0 saturated carbocycles. The largest absolute Gasteiger partial charge is 0.493 e. The first kappa shape index (κ1) is 13.9. The fourth-order valence-electron chi connectivity index (χ4n) is 1.90. The average molecular weight is 273 g/mol. The van der Waals surface area contributed by atoms with Crippen LogP contribution in [0.25, 0.3) is 0 Å². The highest BCUT2D eigenvalue weighted by Crippen LogP contribution is 2.30. The van der Waals surface area contributed by atoms with Crippen LogP contribution >= 0.6 is 0 Å². The van der Waals surface area contributed by atoms with E-state index in [4.69, 9.17) is 9.47 Å². The van der Waals surface area contributed by atoms with Gasteiger partial charge in [0.25, 0.3) is 0 Å². The maximum absolute atomic E-state index is 11.9. The third-order valence-corrected chi connectivity index (χ3v) is 2.91. The highest BCUT2D eigenvalue weighted by molar-refractivity contribution is 6.21. The maximum atomic E-state index is 11.9. The third-order valence-electron chi connectivity index (χ3n) is 2.91. The number of Topliss-reactive ketones (excluding diaryl/α,β-unsaturated/α-hetero) is 1. The Hall–Kier alpha value is -2.56. The lowest BCUT2D eigenvalue weighted by molar-refractivity contribution is -0.115. The number of nitrogens with one attached hydrogen (secondary N) is 1. The van der Waals surface area contributed by atoms with Crippen LogP contribution in [0, 0.1) is 0 Å². The zero-order valence-corrected chi connectivity index (χ0v) is 11.5. The van der Waals surface area contributed by atoms with Crippen molar-refractivity contribution in [3.63, 3.8) is 0 Å². The number of allylic oxidation sites excluding steroid dienone is 3. The van der Waals surface area contributed by atoms with Crippen molar-refractivity contribution in [2.75, 3.05) is 19.5 Å². The molecule has 1 aromatic carbocycles. The van der Waals surface area contributed by atoms with Gasteiger partial charge < -0.3 is 14.8 Å². The van der Waals surface area contributed by atoms with Gasteiger partial charge in [0.1, 0.15) is 0 Å². The van der Waals surface area contributed by atoms with Crippen molar-refractivity contribution in [2.24, 2.45) is 0 Å². The fourth-order valence-corrected chi connectivity index (χ4v) is 1.90. The molecule has 5 nitrogen and oxygen atoms in total. The van der Waals surface area contributed by atoms with Gasteiger partial charge in [0, 0.05) is 23.4 Å². The number of hydrogen-bond acceptors (Lipinski definition) is 5. The molecule has 104 valence electrons. The first-order chi connectivity index (χ1) is 9.55. The van der Waals surface area contributed by atoms with Gasteiger partial charge in [-0.2, -0.15) is 0 Å². The number of carbonyl (C=O) groups excluding carboxylic acids is 2. The quantitative estimate of drug-likeness (QED) is 0.851. The van der Waals surface area contributed by atoms with E-state index in [2.05, 4.69) is 5.32 Å². The van der Waals surface area contributed by atoms with E-state index in [1.807, 2.05) is 0 Å². The number of benzene rings is 1. The Labute approximate surface area is 116 Å². The van der Waals surface area contributed by atoms with Gasteiger partial charge in [0.05, 0.1) is 19.9 Å². The lowest BCUT2D eigenvalue weighted by Gasteiger charge is -2.15. The van der Waals surface area contributed by atoms with Gasteiger partial charge in [0.2, 0.25) is 5.78 Å². The molecule has 0 fully saturated rings. The highest BCUT2D eigenvalue weighted by atomic mass is 16.5. The van der Waals surface area contributed by atoms with E-state index in [-0.39, 0.29) is 17.3 Å². The molecule has 1 aromatic rings. The van der Waals surface area contributed by atoms with E-state index in [0.29, 0.717) is 22.8 Å². The Morgan fingerprint density at radius 1 is 1.00 bits per heavy atom. The number of anilines is 1. The number of hydrogen-bond donors (Lipinski definition) is 1. The van der Waals surface area contributed by atoms with E-state index in [1.165, 1.54) is 19.3 Å². The summed E-state index contributed by atoms with van der Waals surface area (Å²) in [5.41, 5.74) is 1.31. The molecule has 0 aromatic heterocycles. The van der Waals surface area contributed by atoms with Crippen molar-refractivity contribution in [2.45, 2.75) is 6.92 Å². The van der Waals surface area contributed by atoms with E-state index >= 15 is 0 Å². The summed E-state index contributed by atoms with van der Waals surface area (Å²) in [7, 11) is 3.08. The maximum Gasteiger partial charge on any atom is 0.205 e. The zero-order chi connectivity index (χ0) is 14.7. The predicted octanol–water partition coefficient (Wildman–Crippen LogP) is 2.10. The van der Waals surface area contributed by atoms with Crippen molar-refractivity contribution < 1.29 is 19.1 Å². The summed E-state index contributed by atoms with van der Waals surface area (Å²) in [6.07, 6.45) is 2.61. The molecule has 5 heteroatoms. The van der Waals surface area contributed by atoms with Crippen molar-refractivity contribution >= 4 is 17.3 Å². The number of methoxy groups -OCH3 is 2. The number of ketones is 2. The standard InChI is InChI=1S/C15H15NO4/c1-9-6-11(17)8-12(15(9)18)16-10-4-5-13(19-2)14(7-10)20-3/h4-8,16H,1-3H3. The molecule has 1 aliphatic rings. The number of ether oxygens (including phenoxy) is 2. The minimum absolute atomic E-state index is 0.195. The summed E-state index contributed by atoms with van der Waals surface area (Å²) >= 11 is 0. The molecule has 0 bridgehead atoms. The summed E-state index contributed by atoms with van der Waals surface area (Å²) in [5, 5.41) is 2.93. The first-order valence-corrected chi connectivity index (χ1v) is 6.03. The van der Waals surface area contributed by atoms with Crippen molar-refractivity contribution in [1.29, 1.82) is 0 Å². The number of rotatable bonds is 4. The second kappa shape index (κ2) is 5.61. The summed E-state index contributed by atoms with van der Waals surface area (Å²) in [4.78, 5) is 23.4. The van der Waals surface area contributed by atoms with Crippen LogP contribution in [0.3, 0.4) is 0 Å². The molecule has 0 spiro atoms. The van der Waals surface area contributed by atoms with Crippen LogP contribution < -0.4 is 14.8 Å². The van der Waals surface area contributed by atoms with E-state index in [1.54, 1.807) is 32.2 Å². The lowest BCUT2D eigenvalue weighted by atomic mass is 10.0. The van der Waals surface area contributed by atoms with Crippen molar-refractivity contribution in [3.05, 3.63) is 41.6 Å². The van der Waals surface area contributed by atoms with Crippen LogP contribution in [0.5, 0.6) is 11.5 Å². The molecule has 2 rings (SSSR count). The molecule has 0 aliphatic heterocycles. The molecular formula is C15H15NO4. The van der Waals surface area contributed by atoms with E-state index < -0.39 is 0 Å². The molecule has 1 N–H and O–H groups in total. The van der Waals surface area contributed by atoms with Crippen LogP contribution in [-0.4, -0.2) is 25.8 Å². The summed E-state index contributed by atoms with van der Waals surface area (Å²) in [5.74, 6) is 0.735. The van der Waals surface area contributed by atoms with Gasteiger partial charge in [-0.15, -0.1) is 0 Å². The van der Waals surface area contributed by atoms with Crippen LogP contribution in [0.2, 0.25) is 0 Å². The van der Waals surface area contributed by atoms with E-state index in [0.717, 1.165) is 0 Å². The molecular weight excluding hydrogens is 258 g/mol. The molecule has 1 aliphatic carbocycles. The smallest absolute Gasteiger partial charge is 0.205 e. The Morgan fingerprint density at radius 2 is 1.70 bits per heavy atom. The average Bonchev–Trinajstić information content (AvgIpc) is 2.44. The van der Waals surface area contributed by atoms with Crippen molar-refractivity contribution in [1.82, 2.24) is 0 Å². The molecule has 0 saturated heterocycles. The van der Waals surface area contributed by atoms with Gasteiger partial charge in [0.15, 0.2) is 17.3 Å². The van der Waals surface area contributed by atoms with Gasteiger partial charge in [-0.1, -0.05) is 0 Å². The Balaban J connectivity index is 2.27. The normalized spacial score (nSPS) is 14.6. The molecule has 0 unspecified atom stereocenters. The number of carbonyl (C=O) groups is 2. The van der Waals surface area contributed by atoms with Crippen LogP contribution in [0.4, 0.5) is 5.69 Å². The monoisotopic (exact) mass is 273 g/mol. The molecule has 20 heavy (non-hydrogen) atoms. The van der Waals surface area contributed by atoms with Crippen LogP contribution in [0.15, 0.2) is 41.6 Å². The summed E-state index contributed by atoms with van der Waals surface area (Å²) in [6, 6.07) is 5.16. The zero-order valence-electron chi connectivity index (χ0n) is 11.5. The van der Waals surface area contributed by atoms with Gasteiger partial charge >= 0.3 is 0 Å². The molecule has 0 amide bonds. The Morgan fingerprint density at radius 3 is 2.35 bits per heavy atom. The topological polar surface area (TPSA) is 64.6 Å². The molecule has 0 heterocycles. The minimum Gasteiger partial charge on any atom is -0.493 e. The van der Waals surface area contributed by atoms with Crippen LogP contribution in [-0.2, 0) is 9.59 Å².